The first-order chi connectivity index (χ1) is 12.8. The molecule has 150 valence electrons. The quantitative estimate of drug-likeness (QED) is 0.521. The first-order valence-electron chi connectivity index (χ1n) is 7.15. The number of amides is 1. The van der Waals surface area contributed by atoms with Gasteiger partial charge in [0, 0.05) is 12.1 Å². The molecule has 0 N–H and O–H groups in total. The first-order valence-corrected chi connectivity index (χ1v) is 9.37. The number of para-hydroxylation sites is 1. The highest BCUT2D eigenvalue weighted by Crippen LogP contribution is 2.36. The highest BCUT2D eigenvalue weighted by molar-refractivity contribution is 7.88. The zero-order valence-corrected chi connectivity index (χ0v) is 15.4. The molecule has 2 aromatic carbocycles. The molecule has 0 spiro atoms. The maximum absolute atomic E-state index is 12.8. The Morgan fingerprint density at radius 1 is 1.21 bits per heavy atom. The number of nitro benzene ring substituents is 1. The van der Waals surface area contributed by atoms with Crippen LogP contribution in [0.15, 0.2) is 42.5 Å². The topological polar surface area (TPSA) is 107 Å². The van der Waals surface area contributed by atoms with Crippen molar-refractivity contribution >= 4 is 33.2 Å². The van der Waals surface area contributed by atoms with Crippen molar-refractivity contribution in [1.29, 1.82) is 0 Å². The number of halogens is 4. The number of hydrogen-bond donors (Lipinski definition) is 0. The Balaban J connectivity index is 2.46. The number of hydroxylamine groups is 1. The molecule has 0 aromatic heterocycles. The summed E-state index contributed by atoms with van der Waals surface area (Å²) in [5.74, 6) is -1.92. The van der Waals surface area contributed by atoms with Crippen molar-refractivity contribution in [3.05, 3.63) is 68.7 Å². The molecule has 0 saturated carbocycles. The molecule has 1 amide bonds. The number of carbonyl (C=O) groups is 1. The SMILES string of the molecule is CS(=O)(=O)N(Oc1ccc(C(F)(F)F)c(Cl)c1)C(=O)c1ccccc1[N+](=O)[O-]. The van der Waals surface area contributed by atoms with Gasteiger partial charge in [0.2, 0.25) is 0 Å². The van der Waals surface area contributed by atoms with E-state index in [0.29, 0.717) is 18.4 Å². The van der Waals surface area contributed by atoms with Crippen LogP contribution in [0, 0.1) is 10.1 Å². The van der Waals surface area contributed by atoms with Crippen molar-refractivity contribution in [3.8, 4) is 5.75 Å². The normalized spacial score (nSPS) is 11.8. The lowest BCUT2D eigenvalue weighted by Gasteiger charge is -2.20. The maximum Gasteiger partial charge on any atom is 0.417 e. The highest BCUT2D eigenvalue weighted by Gasteiger charge is 2.35. The average molecular weight is 439 g/mol. The van der Waals surface area contributed by atoms with Crippen molar-refractivity contribution in [2.45, 2.75) is 6.18 Å². The second-order valence-corrected chi connectivity index (χ2v) is 7.51. The van der Waals surface area contributed by atoms with Gasteiger partial charge in [0.05, 0.1) is 21.8 Å². The van der Waals surface area contributed by atoms with Gasteiger partial charge in [-0.1, -0.05) is 28.2 Å². The third-order valence-electron chi connectivity index (χ3n) is 3.23. The summed E-state index contributed by atoms with van der Waals surface area (Å²) in [6.45, 7) is 0. The third kappa shape index (κ3) is 4.70. The second-order valence-electron chi connectivity index (χ2n) is 5.30. The lowest BCUT2D eigenvalue weighted by Crippen LogP contribution is -2.39. The maximum atomic E-state index is 12.8. The first kappa shape index (κ1) is 21.4. The van der Waals surface area contributed by atoms with Gasteiger partial charge in [-0.05, 0) is 18.2 Å². The lowest BCUT2D eigenvalue weighted by molar-refractivity contribution is -0.385. The van der Waals surface area contributed by atoms with Crippen LogP contribution in [0.3, 0.4) is 0 Å². The number of nitrogens with zero attached hydrogens (tertiary/aromatic N) is 2. The Kier molecular flexibility index (Phi) is 5.85. The van der Waals surface area contributed by atoms with Crippen molar-refractivity contribution in [1.82, 2.24) is 4.47 Å². The zero-order valence-electron chi connectivity index (χ0n) is 13.8. The predicted molar refractivity (Wildman–Crippen MR) is 91.2 cm³/mol. The summed E-state index contributed by atoms with van der Waals surface area (Å²) in [6.07, 6.45) is -4.18. The van der Waals surface area contributed by atoms with Crippen LogP contribution in [-0.2, 0) is 16.2 Å². The van der Waals surface area contributed by atoms with E-state index in [1.165, 1.54) is 12.1 Å². The summed E-state index contributed by atoms with van der Waals surface area (Å²) in [6, 6.07) is 6.44. The van der Waals surface area contributed by atoms with E-state index in [1.807, 2.05) is 0 Å². The van der Waals surface area contributed by atoms with Crippen molar-refractivity contribution in [2.75, 3.05) is 6.26 Å². The molecular weight excluding hydrogens is 429 g/mol. The van der Waals surface area contributed by atoms with Gasteiger partial charge in [-0.3, -0.25) is 14.9 Å². The third-order valence-corrected chi connectivity index (χ3v) is 4.39. The van der Waals surface area contributed by atoms with Gasteiger partial charge in [0.25, 0.3) is 15.7 Å². The summed E-state index contributed by atoms with van der Waals surface area (Å²) >= 11 is 5.53. The summed E-state index contributed by atoms with van der Waals surface area (Å²) in [4.78, 5) is 27.6. The van der Waals surface area contributed by atoms with E-state index in [1.54, 1.807) is 0 Å². The van der Waals surface area contributed by atoms with E-state index in [4.69, 9.17) is 16.4 Å². The number of benzene rings is 2. The Bertz CT molecular complexity index is 1040. The minimum atomic E-state index is -4.76. The van der Waals surface area contributed by atoms with E-state index in [9.17, 15) is 36.5 Å². The molecule has 0 aliphatic rings. The van der Waals surface area contributed by atoms with Gasteiger partial charge in [-0.25, -0.2) is 8.42 Å². The number of sulfonamides is 1. The highest BCUT2D eigenvalue weighted by atomic mass is 35.5. The van der Waals surface area contributed by atoms with E-state index in [2.05, 4.69) is 0 Å². The van der Waals surface area contributed by atoms with Gasteiger partial charge in [-0.2, -0.15) is 13.2 Å². The average Bonchev–Trinajstić information content (AvgIpc) is 2.57. The van der Waals surface area contributed by atoms with Gasteiger partial charge in [0.1, 0.15) is 5.56 Å². The molecule has 0 bridgehead atoms. The molecule has 2 aromatic rings. The molecule has 8 nitrogen and oxygen atoms in total. The van der Waals surface area contributed by atoms with Gasteiger partial charge < -0.3 is 4.84 Å². The van der Waals surface area contributed by atoms with Crippen LogP contribution in [0.5, 0.6) is 5.75 Å². The monoisotopic (exact) mass is 438 g/mol. The largest absolute Gasteiger partial charge is 0.417 e. The second kappa shape index (κ2) is 7.64. The molecule has 0 aliphatic heterocycles. The Morgan fingerprint density at radius 3 is 2.32 bits per heavy atom. The number of hydrogen-bond acceptors (Lipinski definition) is 6. The fourth-order valence-corrected chi connectivity index (χ4v) is 2.95. The Morgan fingerprint density at radius 2 is 1.82 bits per heavy atom. The molecule has 0 saturated heterocycles. The molecule has 0 atom stereocenters. The van der Waals surface area contributed by atoms with Gasteiger partial charge in [0.15, 0.2) is 5.75 Å². The number of rotatable bonds is 5. The summed E-state index contributed by atoms with van der Waals surface area (Å²) in [5.41, 5.74) is -2.48. The Hall–Kier alpha value is -2.86. The van der Waals surface area contributed by atoms with Gasteiger partial charge >= 0.3 is 12.1 Å². The molecule has 28 heavy (non-hydrogen) atoms. The lowest BCUT2D eigenvalue weighted by atomic mass is 10.2. The molecule has 0 radical (unpaired) electrons. The van der Waals surface area contributed by atoms with Crippen molar-refractivity contribution in [3.63, 3.8) is 0 Å². The van der Waals surface area contributed by atoms with Crippen LogP contribution in [0.4, 0.5) is 18.9 Å². The molecule has 0 fully saturated rings. The fourth-order valence-electron chi connectivity index (χ4n) is 2.05. The number of carbonyl (C=O) groups excluding carboxylic acids is 1. The minimum absolute atomic E-state index is 0.172. The zero-order chi connectivity index (χ0) is 21.3. The van der Waals surface area contributed by atoms with Crippen LogP contribution in [0.2, 0.25) is 5.02 Å². The van der Waals surface area contributed by atoms with E-state index in [0.717, 1.165) is 18.2 Å². The molecule has 2 rings (SSSR count). The molecule has 0 unspecified atom stereocenters. The van der Waals surface area contributed by atoms with Crippen LogP contribution < -0.4 is 4.84 Å². The predicted octanol–water partition coefficient (Wildman–Crippen LogP) is 3.66. The molecule has 0 aliphatic carbocycles. The van der Waals surface area contributed by atoms with Crippen molar-refractivity contribution in [2.24, 2.45) is 0 Å². The summed E-state index contributed by atoms with van der Waals surface area (Å²) in [7, 11) is -4.43. The van der Waals surface area contributed by atoms with Gasteiger partial charge in [-0.15, -0.1) is 0 Å². The van der Waals surface area contributed by atoms with E-state index < -0.39 is 54.6 Å². The summed E-state index contributed by atoms with van der Waals surface area (Å²) in [5, 5.41) is 10.3. The van der Waals surface area contributed by atoms with Crippen molar-refractivity contribution < 1.29 is 36.1 Å². The fraction of sp³-hybridized carbons (Fsp3) is 0.133. The van der Waals surface area contributed by atoms with Crippen LogP contribution in [0.25, 0.3) is 0 Å². The Labute approximate surface area is 161 Å². The molecule has 13 heteroatoms. The van der Waals surface area contributed by atoms with Crippen LogP contribution >= 0.6 is 11.6 Å². The standard InChI is InChI=1S/C15H10ClF3N2O6S/c1-28(25,26)21(14(22)10-4-2-3-5-13(10)20(23)24)27-9-6-7-11(12(16)8-9)15(17,18)19/h2-8H,1H3. The van der Waals surface area contributed by atoms with Crippen LogP contribution in [-0.4, -0.2) is 30.0 Å². The smallest absolute Gasteiger partial charge is 0.361 e. The van der Waals surface area contributed by atoms with Crippen LogP contribution in [0.1, 0.15) is 15.9 Å². The summed E-state index contributed by atoms with van der Waals surface area (Å²) < 4.78 is 62.0. The molecule has 0 heterocycles. The van der Waals surface area contributed by atoms with E-state index >= 15 is 0 Å². The van der Waals surface area contributed by atoms with E-state index in [-0.39, 0.29) is 4.47 Å². The minimum Gasteiger partial charge on any atom is -0.361 e. The number of nitro groups is 1. The number of alkyl halides is 3. The molecular formula is C15H10ClF3N2O6S.